The Hall–Kier alpha value is -4.63. The number of hydrogen-bond acceptors (Lipinski definition) is 9. The van der Waals surface area contributed by atoms with Crippen LogP contribution >= 0.6 is 0 Å². The van der Waals surface area contributed by atoms with Crippen molar-refractivity contribution in [3.8, 4) is 11.8 Å². The summed E-state index contributed by atoms with van der Waals surface area (Å²) in [5, 5.41) is 35.2. The van der Waals surface area contributed by atoms with Crippen LogP contribution in [-0.2, 0) is 30.3 Å². The lowest BCUT2D eigenvalue weighted by Gasteiger charge is -2.33. The smallest absolute Gasteiger partial charge is 0.408 e. The van der Waals surface area contributed by atoms with Gasteiger partial charge in [-0.05, 0) is 53.2 Å². The number of nitrogens with zero attached hydrogens (tertiary/aromatic N) is 2. The van der Waals surface area contributed by atoms with Crippen molar-refractivity contribution in [2.45, 2.75) is 77.3 Å². The van der Waals surface area contributed by atoms with E-state index in [4.69, 9.17) is 9.47 Å². The van der Waals surface area contributed by atoms with Crippen molar-refractivity contribution in [1.29, 1.82) is 5.26 Å². The van der Waals surface area contributed by atoms with E-state index in [0.29, 0.717) is 5.56 Å². The van der Waals surface area contributed by atoms with Crippen molar-refractivity contribution in [3.05, 3.63) is 65.7 Å². The standard InChI is InChI=1S/C31H40N4O8/c1-30(2,3)42-28(40)22(18-20-12-8-7-9-13-20)33-26(38)25(21-14-10-11-15-24(21)37)35(17-16-32)27(39)23(19-36)34-29(41)43-31(4,5)6/h7-15,22-23,25,36-37H,17-19H2,1-6H3,(H,33,38)(H,34,41). The van der Waals surface area contributed by atoms with Gasteiger partial charge in [-0.3, -0.25) is 9.59 Å². The van der Waals surface area contributed by atoms with Crippen molar-refractivity contribution in [2.75, 3.05) is 13.2 Å². The first-order valence-electron chi connectivity index (χ1n) is 13.7. The van der Waals surface area contributed by atoms with Crippen LogP contribution in [0.15, 0.2) is 54.6 Å². The van der Waals surface area contributed by atoms with Gasteiger partial charge in [0.15, 0.2) is 0 Å². The molecule has 0 fully saturated rings. The summed E-state index contributed by atoms with van der Waals surface area (Å²) in [6.45, 7) is 8.31. The van der Waals surface area contributed by atoms with Crippen LogP contribution in [0.4, 0.5) is 4.79 Å². The van der Waals surface area contributed by atoms with Gasteiger partial charge in [-0.1, -0.05) is 48.5 Å². The van der Waals surface area contributed by atoms with Crippen molar-refractivity contribution in [2.24, 2.45) is 0 Å². The number of esters is 1. The highest BCUT2D eigenvalue weighted by molar-refractivity contribution is 5.94. The average molecular weight is 597 g/mol. The lowest BCUT2D eigenvalue weighted by Crippen LogP contribution is -2.56. The van der Waals surface area contributed by atoms with Crippen LogP contribution in [-0.4, -0.2) is 75.4 Å². The highest BCUT2D eigenvalue weighted by Gasteiger charge is 2.39. The van der Waals surface area contributed by atoms with Crippen LogP contribution < -0.4 is 10.6 Å². The van der Waals surface area contributed by atoms with Gasteiger partial charge in [0.1, 0.15) is 41.6 Å². The second-order valence-corrected chi connectivity index (χ2v) is 11.8. The van der Waals surface area contributed by atoms with Crippen molar-refractivity contribution >= 4 is 23.9 Å². The molecular weight excluding hydrogens is 556 g/mol. The van der Waals surface area contributed by atoms with Gasteiger partial charge in [-0.15, -0.1) is 0 Å². The number of ether oxygens (including phenoxy) is 2. The Morgan fingerprint density at radius 1 is 0.884 bits per heavy atom. The fourth-order valence-corrected chi connectivity index (χ4v) is 4.04. The number of hydrogen-bond donors (Lipinski definition) is 4. The van der Waals surface area contributed by atoms with E-state index < -0.39 is 66.4 Å². The van der Waals surface area contributed by atoms with Crippen LogP contribution in [0, 0.1) is 11.3 Å². The third-order valence-electron chi connectivity index (χ3n) is 5.78. The predicted octanol–water partition coefficient (Wildman–Crippen LogP) is 2.74. The van der Waals surface area contributed by atoms with E-state index in [1.54, 1.807) is 71.9 Å². The van der Waals surface area contributed by atoms with Gasteiger partial charge in [0, 0.05) is 12.0 Å². The van der Waals surface area contributed by atoms with E-state index in [0.717, 1.165) is 4.90 Å². The molecule has 0 radical (unpaired) electrons. The summed E-state index contributed by atoms with van der Waals surface area (Å²) in [4.78, 5) is 54.1. The topological polar surface area (TPSA) is 178 Å². The summed E-state index contributed by atoms with van der Waals surface area (Å²) in [6.07, 6.45) is -0.964. The monoisotopic (exact) mass is 596 g/mol. The van der Waals surface area contributed by atoms with E-state index in [-0.39, 0.29) is 17.7 Å². The fraction of sp³-hybridized carbons (Fsp3) is 0.452. The van der Waals surface area contributed by atoms with Gasteiger partial charge >= 0.3 is 12.1 Å². The molecule has 0 aromatic heterocycles. The van der Waals surface area contributed by atoms with Crippen LogP contribution in [0.2, 0.25) is 0 Å². The zero-order valence-corrected chi connectivity index (χ0v) is 25.3. The maximum absolute atomic E-state index is 14.0. The van der Waals surface area contributed by atoms with E-state index in [1.807, 2.05) is 6.07 Å². The first-order valence-corrected chi connectivity index (χ1v) is 13.7. The molecule has 0 aliphatic rings. The SMILES string of the molecule is CC(C)(C)OC(=O)NC(CO)C(=O)N(CC#N)C(C(=O)NC(Cc1ccccc1)C(=O)OC(C)(C)C)c1ccccc1O. The van der Waals surface area contributed by atoms with Gasteiger partial charge in [-0.2, -0.15) is 5.26 Å². The van der Waals surface area contributed by atoms with E-state index in [2.05, 4.69) is 10.6 Å². The molecule has 2 rings (SSSR count). The Balaban J connectivity index is 2.54. The molecule has 0 spiro atoms. The summed E-state index contributed by atoms with van der Waals surface area (Å²) in [5.74, 6) is -3.02. The number of aliphatic hydroxyl groups is 1. The second-order valence-electron chi connectivity index (χ2n) is 11.8. The summed E-state index contributed by atoms with van der Waals surface area (Å²) >= 11 is 0. The summed E-state index contributed by atoms with van der Waals surface area (Å²) in [6, 6.07) is 11.9. The number of phenols is 1. The minimum Gasteiger partial charge on any atom is -0.508 e. The molecular formula is C31H40N4O8. The molecule has 0 aliphatic carbocycles. The number of rotatable bonds is 11. The summed E-state index contributed by atoms with van der Waals surface area (Å²) < 4.78 is 10.7. The predicted molar refractivity (Wildman–Crippen MR) is 156 cm³/mol. The highest BCUT2D eigenvalue weighted by atomic mass is 16.6. The maximum Gasteiger partial charge on any atom is 0.408 e. The maximum atomic E-state index is 14.0. The molecule has 43 heavy (non-hydrogen) atoms. The zero-order chi connectivity index (χ0) is 32.4. The van der Waals surface area contributed by atoms with Gasteiger partial charge in [0.05, 0.1) is 12.7 Å². The Kier molecular flexibility index (Phi) is 12.1. The molecule has 3 amide bonds. The molecule has 12 heteroatoms. The van der Waals surface area contributed by atoms with Crippen LogP contribution in [0.1, 0.15) is 58.7 Å². The number of nitriles is 1. The Labute approximate surface area is 251 Å². The third kappa shape index (κ3) is 10.9. The molecule has 0 bridgehead atoms. The van der Waals surface area contributed by atoms with E-state index >= 15 is 0 Å². The number of phenolic OH excluding ortho intramolecular Hbond substituents is 1. The number of nitrogens with one attached hydrogen (secondary N) is 2. The quantitative estimate of drug-likeness (QED) is 0.224. The zero-order valence-electron chi connectivity index (χ0n) is 25.3. The number of benzene rings is 2. The lowest BCUT2D eigenvalue weighted by molar-refractivity contribution is -0.159. The largest absolute Gasteiger partial charge is 0.508 e. The van der Waals surface area contributed by atoms with Gasteiger partial charge < -0.3 is 35.2 Å². The van der Waals surface area contributed by atoms with Gasteiger partial charge in [0.2, 0.25) is 11.8 Å². The van der Waals surface area contributed by atoms with Gasteiger partial charge in [0.25, 0.3) is 0 Å². The normalized spacial score (nSPS) is 13.4. The molecule has 232 valence electrons. The number of carbonyl (C=O) groups is 4. The number of amides is 3. The molecule has 4 N–H and O–H groups in total. The number of alkyl carbamates (subject to hydrolysis) is 1. The second kappa shape index (κ2) is 15.0. The number of aromatic hydroxyl groups is 1. The lowest BCUT2D eigenvalue weighted by atomic mass is 10.00. The Morgan fingerprint density at radius 3 is 2.00 bits per heavy atom. The highest BCUT2D eigenvalue weighted by Crippen LogP contribution is 2.30. The number of carbonyl (C=O) groups excluding carboxylic acids is 4. The minimum atomic E-state index is -1.65. The number of aliphatic hydroxyl groups excluding tert-OH is 1. The fourth-order valence-electron chi connectivity index (χ4n) is 4.04. The first-order chi connectivity index (χ1) is 20.1. The van der Waals surface area contributed by atoms with Gasteiger partial charge in [-0.25, -0.2) is 9.59 Å². The van der Waals surface area contributed by atoms with Crippen molar-refractivity contribution in [3.63, 3.8) is 0 Å². The Bertz CT molecular complexity index is 1310. The molecule has 12 nitrogen and oxygen atoms in total. The minimum absolute atomic E-state index is 0.0423. The molecule has 3 unspecified atom stereocenters. The number of para-hydroxylation sites is 1. The van der Waals surface area contributed by atoms with Crippen LogP contribution in [0.25, 0.3) is 0 Å². The summed E-state index contributed by atoms with van der Waals surface area (Å²) in [5.41, 5.74) is -1.13. The molecule has 3 atom stereocenters. The molecule has 2 aromatic carbocycles. The molecule has 0 aliphatic heterocycles. The van der Waals surface area contributed by atoms with E-state index in [1.165, 1.54) is 24.3 Å². The third-order valence-corrected chi connectivity index (χ3v) is 5.78. The summed E-state index contributed by atoms with van der Waals surface area (Å²) in [7, 11) is 0. The van der Waals surface area contributed by atoms with E-state index in [9.17, 15) is 34.7 Å². The molecule has 0 heterocycles. The molecule has 0 saturated carbocycles. The average Bonchev–Trinajstić information content (AvgIpc) is 2.90. The molecule has 0 saturated heterocycles. The first kappa shape index (κ1) is 34.6. The Morgan fingerprint density at radius 2 is 1.47 bits per heavy atom. The molecule has 2 aromatic rings. The van der Waals surface area contributed by atoms with Crippen molar-refractivity contribution < 1.29 is 38.9 Å². The van der Waals surface area contributed by atoms with Crippen LogP contribution in [0.3, 0.4) is 0 Å². The van der Waals surface area contributed by atoms with Crippen molar-refractivity contribution in [1.82, 2.24) is 15.5 Å². The van der Waals surface area contributed by atoms with Crippen LogP contribution in [0.5, 0.6) is 5.75 Å².